The highest BCUT2D eigenvalue weighted by Crippen LogP contribution is 2.22. The Kier molecular flexibility index (Phi) is 3.36. The van der Waals surface area contributed by atoms with Crippen LogP contribution in [0.2, 0.25) is 0 Å². The Hall–Kier alpha value is -1.38. The second kappa shape index (κ2) is 4.24. The Balaban J connectivity index is 2.85. The first kappa shape index (κ1) is 12.7. The lowest BCUT2D eigenvalue weighted by molar-refractivity contribution is -0.130. The van der Waals surface area contributed by atoms with Gasteiger partial charge < -0.3 is 5.32 Å². The summed E-state index contributed by atoms with van der Waals surface area (Å²) >= 11 is 0. The number of nitrogens with one attached hydrogen (secondary N) is 1. The number of nitrogens with zero attached hydrogens (tertiary/aromatic N) is 1. The average molecular weight is 220 g/mol. The van der Waals surface area contributed by atoms with Crippen LogP contribution in [0.5, 0.6) is 0 Å². The van der Waals surface area contributed by atoms with Crippen molar-refractivity contribution >= 4 is 5.91 Å². The van der Waals surface area contributed by atoms with Crippen molar-refractivity contribution in [3.05, 3.63) is 30.1 Å². The van der Waals surface area contributed by atoms with Crippen molar-refractivity contribution in [2.75, 3.05) is 0 Å². The molecule has 0 bridgehead atoms. The van der Waals surface area contributed by atoms with Crippen molar-refractivity contribution in [2.45, 2.75) is 40.2 Å². The molecule has 0 aliphatic carbocycles. The number of carbonyl (C=O) groups excluding carboxylic acids is 1. The first-order valence-electron chi connectivity index (χ1n) is 5.46. The van der Waals surface area contributed by atoms with Crippen molar-refractivity contribution in [3.8, 4) is 0 Å². The van der Waals surface area contributed by atoms with Crippen LogP contribution in [0.1, 0.15) is 40.2 Å². The molecule has 88 valence electrons. The number of hydrogen-bond acceptors (Lipinski definition) is 2. The van der Waals surface area contributed by atoms with Crippen LogP contribution in [0.15, 0.2) is 24.5 Å². The van der Waals surface area contributed by atoms with E-state index < -0.39 is 5.54 Å². The molecule has 0 spiro atoms. The molecule has 0 fully saturated rings. The zero-order chi connectivity index (χ0) is 12.4. The van der Waals surface area contributed by atoms with Crippen molar-refractivity contribution < 1.29 is 4.79 Å². The zero-order valence-corrected chi connectivity index (χ0v) is 10.7. The Bertz CT molecular complexity index is 363. The van der Waals surface area contributed by atoms with Gasteiger partial charge in [-0.15, -0.1) is 0 Å². The van der Waals surface area contributed by atoms with Crippen molar-refractivity contribution in [1.82, 2.24) is 10.3 Å². The number of pyridine rings is 1. The molecule has 0 unspecified atom stereocenters. The first-order valence-corrected chi connectivity index (χ1v) is 5.46. The summed E-state index contributed by atoms with van der Waals surface area (Å²) in [5, 5.41) is 3.03. The van der Waals surface area contributed by atoms with Gasteiger partial charge >= 0.3 is 0 Å². The molecule has 1 rings (SSSR count). The van der Waals surface area contributed by atoms with Gasteiger partial charge in [0.25, 0.3) is 0 Å². The summed E-state index contributed by atoms with van der Waals surface area (Å²) in [6.45, 7) is 9.67. The molecule has 0 saturated heterocycles. The fourth-order valence-corrected chi connectivity index (χ4v) is 1.28. The zero-order valence-electron chi connectivity index (χ0n) is 10.7. The van der Waals surface area contributed by atoms with Crippen molar-refractivity contribution in [2.24, 2.45) is 5.41 Å². The number of carbonyl (C=O) groups is 1. The SMILES string of the molecule is CC(C)(C)C(=O)NC(C)(C)c1cccnc1. The fourth-order valence-electron chi connectivity index (χ4n) is 1.28. The lowest BCUT2D eigenvalue weighted by atomic mass is 9.90. The van der Waals surface area contributed by atoms with Gasteiger partial charge in [0, 0.05) is 17.8 Å². The largest absolute Gasteiger partial charge is 0.347 e. The predicted molar refractivity (Wildman–Crippen MR) is 64.9 cm³/mol. The van der Waals surface area contributed by atoms with E-state index in [1.165, 1.54) is 0 Å². The van der Waals surface area contributed by atoms with E-state index in [-0.39, 0.29) is 11.3 Å². The summed E-state index contributed by atoms with van der Waals surface area (Å²) in [7, 11) is 0. The topological polar surface area (TPSA) is 42.0 Å². The lowest BCUT2D eigenvalue weighted by Crippen LogP contribution is -2.46. The van der Waals surface area contributed by atoms with Gasteiger partial charge in [-0.3, -0.25) is 9.78 Å². The van der Waals surface area contributed by atoms with Gasteiger partial charge in [-0.05, 0) is 25.5 Å². The molecule has 3 heteroatoms. The molecule has 1 N–H and O–H groups in total. The smallest absolute Gasteiger partial charge is 0.226 e. The first-order chi connectivity index (χ1) is 7.23. The summed E-state index contributed by atoms with van der Waals surface area (Å²) in [6, 6.07) is 3.84. The van der Waals surface area contributed by atoms with Crippen molar-refractivity contribution in [1.29, 1.82) is 0 Å². The highest BCUT2D eigenvalue weighted by molar-refractivity contribution is 5.82. The second-order valence-corrected chi connectivity index (χ2v) is 5.57. The van der Waals surface area contributed by atoms with Gasteiger partial charge in [-0.25, -0.2) is 0 Å². The molecular formula is C13H20N2O. The van der Waals surface area contributed by atoms with Crippen LogP contribution in [0, 0.1) is 5.41 Å². The molecular weight excluding hydrogens is 200 g/mol. The Morgan fingerprint density at radius 3 is 2.31 bits per heavy atom. The summed E-state index contributed by atoms with van der Waals surface area (Å²) in [5.74, 6) is 0.0429. The normalized spacial score (nSPS) is 12.3. The summed E-state index contributed by atoms with van der Waals surface area (Å²) in [5.41, 5.74) is 0.241. The van der Waals surface area contributed by atoms with E-state index in [1.807, 2.05) is 46.8 Å². The van der Waals surface area contributed by atoms with Gasteiger partial charge in [0.05, 0.1) is 5.54 Å². The molecule has 1 heterocycles. The molecule has 0 aromatic carbocycles. The maximum absolute atomic E-state index is 11.9. The fraction of sp³-hybridized carbons (Fsp3) is 0.538. The van der Waals surface area contributed by atoms with E-state index in [0.717, 1.165) is 5.56 Å². The Morgan fingerprint density at radius 1 is 1.25 bits per heavy atom. The lowest BCUT2D eigenvalue weighted by Gasteiger charge is -2.30. The Labute approximate surface area is 97.3 Å². The molecule has 1 amide bonds. The van der Waals surface area contributed by atoms with Crippen LogP contribution in [0.25, 0.3) is 0 Å². The summed E-state index contributed by atoms with van der Waals surface area (Å²) < 4.78 is 0. The maximum Gasteiger partial charge on any atom is 0.226 e. The predicted octanol–water partition coefficient (Wildman–Crippen LogP) is 2.48. The number of amides is 1. The number of aromatic nitrogens is 1. The van der Waals surface area contributed by atoms with E-state index in [9.17, 15) is 4.79 Å². The quantitative estimate of drug-likeness (QED) is 0.832. The third kappa shape index (κ3) is 3.05. The van der Waals surface area contributed by atoms with Gasteiger partial charge in [0.2, 0.25) is 5.91 Å². The second-order valence-electron chi connectivity index (χ2n) is 5.57. The standard InChI is InChI=1S/C13H20N2O/c1-12(2,3)11(16)15-13(4,5)10-7-6-8-14-9-10/h6-9H,1-5H3,(H,15,16). The highest BCUT2D eigenvalue weighted by Gasteiger charge is 2.29. The van der Waals surface area contributed by atoms with Gasteiger partial charge in [0.1, 0.15) is 0 Å². The minimum Gasteiger partial charge on any atom is -0.347 e. The van der Waals surface area contributed by atoms with Crippen molar-refractivity contribution in [3.63, 3.8) is 0 Å². The van der Waals surface area contributed by atoms with Gasteiger partial charge in [0.15, 0.2) is 0 Å². The molecule has 0 atom stereocenters. The average Bonchev–Trinajstić information content (AvgIpc) is 2.17. The Morgan fingerprint density at radius 2 is 1.88 bits per heavy atom. The van der Waals surface area contributed by atoms with Crippen LogP contribution >= 0.6 is 0 Å². The molecule has 0 radical (unpaired) electrons. The third-order valence-corrected chi connectivity index (χ3v) is 2.49. The van der Waals surface area contributed by atoms with Crippen LogP contribution in [0.3, 0.4) is 0 Å². The molecule has 16 heavy (non-hydrogen) atoms. The number of rotatable bonds is 2. The summed E-state index contributed by atoms with van der Waals surface area (Å²) in [4.78, 5) is 16.0. The van der Waals surface area contributed by atoms with E-state index in [0.29, 0.717) is 0 Å². The van der Waals surface area contributed by atoms with E-state index in [1.54, 1.807) is 12.4 Å². The van der Waals surface area contributed by atoms with Gasteiger partial charge in [-0.1, -0.05) is 26.8 Å². The highest BCUT2D eigenvalue weighted by atomic mass is 16.2. The van der Waals surface area contributed by atoms with E-state index in [4.69, 9.17) is 0 Å². The third-order valence-electron chi connectivity index (χ3n) is 2.49. The molecule has 0 saturated carbocycles. The van der Waals surface area contributed by atoms with E-state index in [2.05, 4.69) is 10.3 Å². The minimum atomic E-state index is -0.390. The number of hydrogen-bond donors (Lipinski definition) is 1. The van der Waals surface area contributed by atoms with Crippen LogP contribution in [-0.4, -0.2) is 10.9 Å². The van der Waals surface area contributed by atoms with Crippen LogP contribution in [-0.2, 0) is 10.3 Å². The van der Waals surface area contributed by atoms with Crippen LogP contribution in [0.4, 0.5) is 0 Å². The minimum absolute atomic E-state index is 0.0429. The monoisotopic (exact) mass is 220 g/mol. The van der Waals surface area contributed by atoms with Crippen LogP contribution < -0.4 is 5.32 Å². The molecule has 0 aliphatic heterocycles. The van der Waals surface area contributed by atoms with Gasteiger partial charge in [-0.2, -0.15) is 0 Å². The summed E-state index contributed by atoms with van der Waals surface area (Å²) in [6.07, 6.45) is 3.51. The van der Waals surface area contributed by atoms with E-state index >= 15 is 0 Å². The maximum atomic E-state index is 11.9. The molecule has 1 aromatic rings. The molecule has 3 nitrogen and oxygen atoms in total. The molecule has 0 aliphatic rings. The molecule has 1 aromatic heterocycles.